The number of nitrogens with one attached hydrogen (secondary N) is 1. The number of carbonyl (C=O) groups is 1. The molecule has 0 aliphatic heterocycles. The van der Waals surface area contributed by atoms with Gasteiger partial charge in [0.2, 0.25) is 0 Å². The lowest BCUT2D eigenvalue weighted by atomic mass is 10.1. The van der Waals surface area contributed by atoms with Crippen molar-refractivity contribution in [1.29, 1.82) is 0 Å². The van der Waals surface area contributed by atoms with Crippen LogP contribution in [-0.4, -0.2) is 17.0 Å². The zero-order valence-corrected chi connectivity index (χ0v) is 16.0. The van der Waals surface area contributed by atoms with Crippen LogP contribution in [0.4, 0.5) is 13.2 Å². The molecule has 0 aliphatic carbocycles. The summed E-state index contributed by atoms with van der Waals surface area (Å²) >= 11 is 4.21. The second kappa shape index (κ2) is 8.57. The van der Waals surface area contributed by atoms with Gasteiger partial charge in [-0.3, -0.25) is 14.2 Å². The van der Waals surface area contributed by atoms with Crippen molar-refractivity contribution in [3.05, 3.63) is 93.9 Å². The molecule has 3 aromatic rings. The van der Waals surface area contributed by atoms with E-state index in [0.717, 1.165) is 27.2 Å². The van der Waals surface area contributed by atoms with Gasteiger partial charge in [0.05, 0.1) is 5.56 Å². The van der Waals surface area contributed by atoms with E-state index >= 15 is 0 Å². The van der Waals surface area contributed by atoms with E-state index in [1.807, 2.05) is 24.3 Å². The predicted octanol–water partition coefficient (Wildman–Crippen LogP) is 4.12. The first-order valence-electron chi connectivity index (χ1n) is 8.71. The summed E-state index contributed by atoms with van der Waals surface area (Å²) in [5, 5.41) is 2.67. The maximum absolute atomic E-state index is 12.9. The summed E-state index contributed by atoms with van der Waals surface area (Å²) < 4.78 is 39.8. The molecule has 1 aromatic heterocycles. The Hall–Kier alpha value is -3.00. The Kier molecular flexibility index (Phi) is 6.12. The zero-order chi connectivity index (χ0) is 21.0. The molecule has 0 bridgehead atoms. The molecule has 150 valence electrons. The number of nitrogens with zero attached hydrogens (tertiary/aromatic N) is 1. The number of benzene rings is 2. The molecule has 2 aromatic carbocycles. The van der Waals surface area contributed by atoms with Crippen molar-refractivity contribution < 1.29 is 18.0 Å². The van der Waals surface area contributed by atoms with Crippen LogP contribution >= 0.6 is 12.6 Å². The van der Waals surface area contributed by atoms with Crippen LogP contribution < -0.4 is 10.9 Å². The number of alkyl halides is 3. The largest absolute Gasteiger partial charge is 0.416 e. The van der Waals surface area contributed by atoms with Crippen LogP contribution in [-0.2, 0) is 12.6 Å². The number of carbonyl (C=O) groups excluding carboxylic acids is 1. The van der Waals surface area contributed by atoms with Gasteiger partial charge >= 0.3 is 6.18 Å². The zero-order valence-electron chi connectivity index (χ0n) is 15.1. The molecule has 0 aliphatic rings. The number of halogens is 3. The van der Waals surface area contributed by atoms with Crippen molar-refractivity contribution >= 4 is 18.5 Å². The van der Waals surface area contributed by atoms with E-state index in [-0.39, 0.29) is 11.3 Å². The van der Waals surface area contributed by atoms with Gasteiger partial charge in [-0.05, 0) is 54.4 Å². The Morgan fingerprint density at radius 2 is 1.76 bits per heavy atom. The summed E-state index contributed by atoms with van der Waals surface area (Å²) in [6, 6.07) is 14.6. The standard InChI is InChI=1S/C21H17F3N2O2S/c22-21(23,24)15-3-1-4-16(13-15)26-12-2-5-18(20(26)28)19(27)25-11-10-14-6-8-17(29)9-7-14/h1-9,12-13,29H,10-11H2,(H,25,27). The first-order chi connectivity index (χ1) is 13.8. The molecule has 0 saturated heterocycles. The van der Waals surface area contributed by atoms with Crippen LogP contribution in [0, 0.1) is 0 Å². The maximum atomic E-state index is 12.9. The smallest absolute Gasteiger partial charge is 0.352 e. The van der Waals surface area contributed by atoms with Crippen LogP contribution in [0.1, 0.15) is 21.5 Å². The predicted molar refractivity (Wildman–Crippen MR) is 107 cm³/mol. The third kappa shape index (κ3) is 5.08. The minimum Gasteiger partial charge on any atom is -0.352 e. The lowest BCUT2D eigenvalue weighted by molar-refractivity contribution is -0.137. The number of aromatic nitrogens is 1. The topological polar surface area (TPSA) is 51.1 Å². The Labute approximate surface area is 170 Å². The molecule has 1 amide bonds. The SMILES string of the molecule is O=C(NCCc1ccc(S)cc1)c1cccn(-c2cccc(C(F)(F)F)c2)c1=O. The van der Waals surface area contributed by atoms with Gasteiger partial charge in [-0.2, -0.15) is 13.2 Å². The van der Waals surface area contributed by atoms with E-state index < -0.39 is 23.2 Å². The number of hydrogen-bond acceptors (Lipinski definition) is 3. The van der Waals surface area contributed by atoms with Crippen LogP contribution in [0.25, 0.3) is 5.69 Å². The minimum absolute atomic E-state index is 0.0336. The van der Waals surface area contributed by atoms with Gasteiger partial charge in [-0.25, -0.2) is 0 Å². The highest BCUT2D eigenvalue weighted by atomic mass is 32.1. The summed E-state index contributed by atoms with van der Waals surface area (Å²) in [5.41, 5.74) is -0.674. The molecule has 1 N–H and O–H groups in total. The molecule has 4 nitrogen and oxygen atoms in total. The Bertz CT molecular complexity index is 1080. The third-order valence-corrected chi connectivity index (χ3v) is 4.58. The highest BCUT2D eigenvalue weighted by Gasteiger charge is 2.30. The highest BCUT2D eigenvalue weighted by Crippen LogP contribution is 2.30. The van der Waals surface area contributed by atoms with Gasteiger partial charge in [0, 0.05) is 23.3 Å². The second-order valence-electron chi connectivity index (χ2n) is 6.32. The number of pyridine rings is 1. The lowest BCUT2D eigenvalue weighted by Gasteiger charge is -2.12. The van der Waals surface area contributed by atoms with Crippen molar-refractivity contribution in [3.8, 4) is 5.69 Å². The van der Waals surface area contributed by atoms with Crippen molar-refractivity contribution in [2.24, 2.45) is 0 Å². The molecule has 0 unspecified atom stereocenters. The van der Waals surface area contributed by atoms with Gasteiger partial charge in [0.15, 0.2) is 0 Å². The maximum Gasteiger partial charge on any atom is 0.416 e. The van der Waals surface area contributed by atoms with Crippen molar-refractivity contribution in [1.82, 2.24) is 9.88 Å². The second-order valence-corrected chi connectivity index (χ2v) is 6.83. The average Bonchev–Trinajstić information content (AvgIpc) is 2.69. The number of amides is 1. The highest BCUT2D eigenvalue weighted by molar-refractivity contribution is 7.80. The quantitative estimate of drug-likeness (QED) is 0.613. The van der Waals surface area contributed by atoms with Crippen molar-refractivity contribution in [2.75, 3.05) is 6.54 Å². The van der Waals surface area contributed by atoms with Gasteiger partial charge in [-0.1, -0.05) is 18.2 Å². The summed E-state index contributed by atoms with van der Waals surface area (Å²) in [6.07, 6.45) is -2.64. The van der Waals surface area contributed by atoms with Crippen molar-refractivity contribution in [2.45, 2.75) is 17.5 Å². The van der Waals surface area contributed by atoms with Crippen LogP contribution in [0.15, 0.2) is 76.6 Å². The summed E-state index contributed by atoms with van der Waals surface area (Å²) in [6.45, 7) is 0.308. The molecule has 0 atom stereocenters. The summed E-state index contributed by atoms with van der Waals surface area (Å²) in [5.74, 6) is -0.581. The number of hydrogen-bond donors (Lipinski definition) is 2. The average molecular weight is 418 g/mol. The van der Waals surface area contributed by atoms with E-state index in [2.05, 4.69) is 17.9 Å². The van der Waals surface area contributed by atoms with Gasteiger partial charge in [-0.15, -0.1) is 12.6 Å². The van der Waals surface area contributed by atoms with E-state index in [4.69, 9.17) is 0 Å². The van der Waals surface area contributed by atoms with E-state index in [0.29, 0.717) is 13.0 Å². The fourth-order valence-electron chi connectivity index (χ4n) is 2.78. The molecule has 0 radical (unpaired) electrons. The Balaban J connectivity index is 1.77. The molecule has 8 heteroatoms. The van der Waals surface area contributed by atoms with Crippen LogP contribution in [0.2, 0.25) is 0 Å². The third-order valence-electron chi connectivity index (χ3n) is 4.28. The molecule has 0 spiro atoms. The fourth-order valence-corrected chi connectivity index (χ4v) is 2.93. The molecule has 3 rings (SSSR count). The Morgan fingerprint density at radius 1 is 1.03 bits per heavy atom. The molecule has 29 heavy (non-hydrogen) atoms. The first kappa shape index (κ1) is 20.7. The van der Waals surface area contributed by atoms with Crippen LogP contribution in [0.5, 0.6) is 0 Å². The fraction of sp³-hybridized carbons (Fsp3) is 0.143. The normalized spacial score (nSPS) is 11.3. The summed E-state index contributed by atoms with van der Waals surface area (Å²) in [7, 11) is 0. The monoisotopic (exact) mass is 418 g/mol. The van der Waals surface area contributed by atoms with Gasteiger partial charge < -0.3 is 5.32 Å². The van der Waals surface area contributed by atoms with Gasteiger partial charge in [0.1, 0.15) is 5.56 Å². The molecule has 0 saturated carbocycles. The van der Waals surface area contributed by atoms with E-state index in [9.17, 15) is 22.8 Å². The van der Waals surface area contributed by atoms with Gasteiger partial charge in [0.25, 0.3) is 11.5 Å². The molecule has 1 heterocycles. The van der Waals surface area contributed by atoms with E-state index in [1.54, 1.807) is 0 Å². The first-order valence-corrected chi connectivity index (χ1v) is 9.16. The minimum atomic E-state index is -4.53. The van der Waals surface area contributed by atoms with Crippen molar-refractivity contribution in [3.63, 3.8) is 0 Å². The van der Waals surface area contributed by atoms with Crippen LogP contribution in [0.3, 0.4) is 0 Å². The Morgan fingerprint density at radius 3 is 2.45 bits per heavy atom. The molecule has 0 fully saturated rings. The molecular weight excluding hydrogens is 401 g/mol. The number of rotatable bonds is 5. The number of thiol groups is 1. The lowest BCUT2D eigenvalue weighted by Crippen LogP contribution is -2.33. The summed E-state index contributed by atoms with van der Waals surface area (Å²) in [4.78, 5) is 25.9. The molecular formula is C21H17F3N2O2S. The van der Waals surface area contributed by atoms with E-state index in [1.165, 1.54) is 30.5 Å².